The Bertz CT molecular complexity index is 1070. The SMILES string of the molecule is COC(=O)C1=C(C(=O)OC)C2(c3ccccc3C3CCCCC32)C2(C)C=CC(C)=NN12. The number of esters is 2. The van der Waals surface area contributed by atoms with E-state index in [0.29, 0.717) is 11.5 Å². The van der Waals surface area contributed by atoms with Crippen LogP contribution in [0.4, 0.5) is 0 Å². The summed E-state index contributed by atoms with van der Waals surface area (Å²) in [5.74, 6) is -0.549. The van der Waals surface area contributed by atoms with Crippen LogP contribution in [0.25, 0.3) is 0 Å². The predicted octanol–water partition coefficient (Wildman–Crippen LogP) is 3.83. The van der Waals surface area contributed by atoms with Crippen LogP contribution in [0.2, 0.25) is 0 Å². The molecule has 4 aliphatic rings. The summed E-state index contributed by atoms with van der Waals surface area (Å²) in [5, 5.41) is 6.49. The van der Waals surface area contributed by atoms with Crippen LogP contribution >= 0.6 is 0 Å². The summed E-state index contributed by atoms with van der Waals surface area (Å²) in [5.41, 5.74) is 2.26. The van der Waals surface area contributed by atoms with E-state index in [4.69, 9.17) is 14.6 Å². The number of hydrogen-bond acceptors (Lipinski definition) is 6. The molecule has 1 aromatic rings. The predicted molar refractivity (Wildman–Crippen MR) is 116 cm³/mol. The van der Waals surface area contributed by atoms with Gasteiger partial charge in [0.1, 0.15) is 0 Å². The summed E-state index contributed by atoms with van der Waals surface area (Å²) in [4.78, 5) is 26.6. The summed E-state index contributed by atoms with van der Waals surface area (Å²) in [7, 11) is 2.72. The second-order valence-corrected chi connectivity index (χ2v) is 9.13. The van der Waals surface area contributed by atoms with Gasteiger partial charge in [0.2, 0.25) is 0 Å². The van der Waals surface area contributed by atoms with E-state index < -0.39 is 22.9 Å². The highest BCUT2D eigenvalue weighted by Gasteiger charge is 2.71. The van der Waals surface area contributed by atoms with Gasteiger partial charge in [-0.15, -0.1) is 0 Å². The maximum atomic E-state index is 13.5. The van der Waals surface area contributed by atoms with Crippen molar-refractivity contribution >= 4 is 17.7 Å². The van der Waals surface area contributed by atoms with Gasteiger partial charge in [0, 0.05) is 0 Å². The van der Waals surface area contributed by atoms with Crippen molar-refractivity contribution in [2.75, 3.05) is 14.2 Å². The molecule has 0 amide bonds. The average Bonchev–Trinajstić information content (AvgIpc) is 3.22. The highest BCUT2D eigenvalue weighted by molar-refractivity contribution is 6.05. The van der Waals surface area contributed by atoms with E-state index in [2.05, 4.69) is 31.2 Å². The van der Waals surface area contributed by atoms with E-state index in [1.807, 2.05) is 19.1 Å². The summed E-state index contributed by atoms with van der Waals surface area (Å²) in [6.45, 7) is 3.98. The molecule has 0 aromatic heterocycles. The van der Waals surface area contributed by atoms with Gasteiger partial charge in [0.25, 0.3) is 0 Å². The first-order valence-electron chi connectivity index (χ1n) is 11.0. The summed E-state index contributed by atoms with van der Waals surface area (Å²) >= 11 is 0. The zero-order valence-corrected chi connectivity index (χ0v) is 18.5. The van der Waals surface area contributed by atoms with Crippen LogP contribution < -0.4 is 0 Å². The molecule has 4 atom stereocenters. The van der Waals surface area contributed by atoms with Crippen molar-refractivity contribution in [1.82, 2.24) is 5.01 Å². The maximum Gasteiger partial charge on any atom is 0.356 e. The molecule has 0 N–H and O–H groups in total. The summed E-state index contributed by atoms with van der Waals surface area (Å²) in [6, 6.07) is 8.41. The van der Waals surface area contributed by atoms with Crippen LogP contribution in [0.15, 0.2) is 52.8 Å². The lowest BCUT2D eigenvalue weighted by Gasteiger charge is -2.50. The van der Waals surface area contributed by atoms with Crippen LogP contribution in [0, 0.1) is 5.92 Å². The highest BCUT2D eigenvalue weighted by atomic mass is 16.5. The number of fused-ring (bicyclic) bond motifs is 7. The standard InChI is InChI=1S/C25H28N2O4/c1-15-13-14-24(2)25(20(22(28)30-3)21(23(29)31-4)27(24)26-15)18-11-7-5-9-16(18)17-10-6-8-12-19(17)25/h5,7,9,11,13-14,17,19H,6,8,10,12H2,1-4H3. The zero-order valence-electron chi connectivity index (χ0n) is 18.5. The Morgan fingerprint density at radius 2 is 1.81 bits per heavy atom. The molecule has 31 heavy (non-hydrogen) atoms. The van der Waals surface area contributed by atoms with E-state index >= 15 is 0 Å². The van der Waals surface area contributed by atoms with Gasteiger partial charge in [0.05, 0.1) is 36.5 Å². The molecule has 6 heteroatoms. The fourth-order valence-electron chi connectivity index (χ4n) is 6.79. The summed E-state index contributed by atoms with van der Waals surface area (Å²) < 4.78 is 10.5. The van der Waals surface area contributed by atoms with Crippen molar-refractivity contribution in [2.24, 2.45) is 11.0 Å². The number of carbonyl (C=O) groups excluding carboxylic acids is 2. The van der Waals surface area contributed by atoms with Crippen LogP contribution in [-0.4, -0.2) is 42.4 Å². The molecule has 4 unspecified atom stereocenters. The second kappa shape index (κ2) is 6.81. The number of benzene rings is 1. The third-order valence-corrected chi connectivity index (χ3v) is 7.86. The van der Waals surface area contributed by atoms with E-state index in [1.165, 1.54) is 26.2 Å². The Labute approximate surface area is 182 Å². The van der Waals surface area contributed by atoms with Crippen LogP contribution in [0.5, 0.6) is 0 Å². The molecular weight excluding hydrogens is 392 g/mol. The van der Waals surface area contributed by atoms with Crippen LogP contribution in [-0.2, 0) is 24.5 Å². The Morgan fingerprint density at radius 1 is 1.10 bits per heavy atom. The molecule has 1 saturated carbocycles. The van der Waals surface area contributed by atoms with E-state index in [0.717, 1.165) is 30.5 Å². The van der Waals surface area contributed by atoms with Crippen molar-refractivity contribution in [3.8, 4) is 0 Å². The Kier molecular flexibility index (Phi) is 4.40. The summed E-state index contributed by atoms with van der Waals surface area (Å²) in [6.07, 6.45) is 8.43. The lowest BCUT2D eigenvalue weighted by Crippen LogP contribution is -2.58. The van der Waals surface area contributed by atoms with Gasteiger partial charge in [-0.3, -0.25) is 0 Å². The molecule has 1 aromatic carbocycles. The lowest BCUT2D eigenvalue weighted by atomic mass is 9.56. The molecule has 0 bridgehead atoms. The van der Waals surface area contributed by atoms with Crippen molar-refractivity contribution in [2.45, 2.75) is 56.4 Å². The topological polar surface area (TPSA) is 68.2 Å². The third-order valence-electron chi connectivity index (χ3n) is 7.86. The number of carbonyl (C=O) groups is 2. The Hall–Kier alpha value is -2.89. The normalized spacial score (nSPS) is 33.0. The Balaban J connectivity index is 1.92. The number of hydrazone groups is 1. The van der Waals surface area contributed by atoms with E-state index in [1.54, 1.807) is 5.01 Å². The molecule has 5 rings (SSSR count). The van der Waals surface area contributed by atoms with Crippen molar-refractivity contribution in [3.63, 3.8) is 0 Å². The Morgan fingerprint density at radius 3 is 2.55 bits per heavy atom. The minimum absolute atomic E-state index is 0.167. The molecule has 0 radical (unpaired) electrons. The zero-order chi connectivity index (χ0) is 22.0. The maximum absolute atomic E-state index is 13.5. The molecular formula is C25H28N2O4. The van der Waals surface area contributed by atoms with Crippen molar-refractivity contribution in [1.29, 1.82) is 0 Å². The van der Waals surface area contributed by atoms with Gasteiger partial charge < -0.3 is 9.47 Å². The fourth-order valence-corrected chi connectivity index (χ4v) is 6.79. The number of nitrogens with zero attached hydrogens (tertiary/aromatic N) is 2. The van der Waals surface area contributed by atoms with Gasteiger partial charge in [0.15, 0.2) is 5.70 Å². The molecule has 1 fully saturated rings. The third kappa shape index (κ3) is 2.31. The van der Waals surface area contributed by atoms with Gasteiger partial charge in [-0.1, -0.05) is 43.2 Å². The first-order chi connectivity index (χ1) is 14.9. The number of allylic oxidation sites excluding steroid dienone is 1. The van der Waals surface area contributed by atoms with E-state index in [9.17, 15) is 9.59 Å². The molecule has 6 nitrogen and oxygen atoms in total. The number of ether oxygens (including phenoxy) is 2. The van der Waals surface area contributed by atoms with Gasteiger partial charge in [-0.05, 0) is 55.7 Å². The van der Waals surface area contributed by atoms with Gasteiger partial charge in [-0.25, -0.2) is 14.6 Å². The molecule has 0 saturated heterocycles. The number of hydrogen-bond donors (Lipinski definition) is 0. The number of methoxy groups -OCH3 is 2. The molecule has 2 aliphatic heterocycles. The quantitative estimate of drug-likeness (QED) is 0.680. The number of rotatable bonds is 2. The molecule has 162 valence electrons. The minimum Gasteiger partial charge on any atom is -0.466 e. The monoisotopic (exact) mass is 420 g/mol. The van der Waals surface area contributed by atoms with Crippen LogP contribution in [0.1, 0.15) is 56.6 Å². The molecule has 2 aliphatic carbocycles. The van der Waals surface area contributed by atoms with E-state index in [-0.39, 0.29) is 11.6 Å². The molecule has 2 heterocycles. The molecule has 1 spiro atoms. The minimum atomic E-state index is -0.744. The van der Waals surface area contributed by atoms with Gasteiger partial charge in [-0.2, -0.15) is 5.10 Å². The lowest BCUT2D eigenvalue weighted by molar-refractivity contribution is -0.140. The second-order valence-electron chi connectivity index (χ2n) is 9.13. The van der Waals surface area contributed by atoms with Crippen LogP contribution in [0.3, 0.4) is 0 Å². The van der Waals surface area contributed by atoms with Crippen molar-refractivity contribution < 1.29 is 19.1 Å². The first-order valence-corrected chi connectivity index (χ1v) is 11.0. The highest BCUT2D eigenvalue weighted by Crippen LogP contribution is 2.68. The van der Waals surface area contributed by atoms with Crippen molar-refractivity contribution in [3.05, 3.63) is 58.8 Å². The first kappa shape index (κ1) is 20.0. The smallest absolute Gasteiger partial charge is 0.356 e. The largest absolute Gasteiger partial charge is 0.466 e. The van der Waals surface area contributed by atoms with Gasteiger partial charge >= 0.3 is 11.9 Å². The average molecular weight is 421 g/mol. The fraction of sp³-hybridized carbons (Fsp3) is 0.480.